The van der Waals surface area contributed by atoms with Gasteiger partial charge in [-0.3, -0.25) is 4.79 Å². The highest BCUT2D eigenvalue weighted by Crippen LogP contribution is 2.27. The van der Waals surface area contributed by atoms with Crippen LogP contribution in [0.25, 0.3) is 0 Å². The Kier molecular flexibility index (Phi) is 5.26. The molecule has 1 aliphatic rings. The summed E-state index contributed by atoms with van der Waals surface area (Å²) in [4.78, 5) is 13.7. The minimum atomic E-state index is -1.64. The van der Waals surface area contributed by atoms with Crippen LogP contribution in [0.4, 0.5) is 17.6 Å². The topological polar surface area (TPSA) is 29.5 Å². The summed E-state index contributed by atoms with van der Waals surface area (Å²) in [7, 11) is 0. The van der Waals surface area contributed by atoms with E-state index >= 15 is 0 Å². The van der Waals surface area contributed by atoms with Crippen LogP contribution >= 0.6 is 0 Å². The van der Waals surface area contributed by atoms with Crippen molar-refractivity contribution in [1.29, 1.82) is 0 Å². The van der Waals surface area contributed by atoms with Crippen LogP contribution in [0.2, 0.25) is 0 Å². The Bertz CT molecular complexity index is 539. The first-order valence-electron chi connectivity index (χ1n) is 7.21. The quantitative estimate of drug-likeness (QED) is 0.629. The van der Waals surface area contributed by atoms with Crippen LogP contribution < -0.4 is 4.74 Å². The third kappa shape index (κ3) is 3.34. The minimum absolute atomic E-state index is 0.0591. The van der Waals surface area contributed by atoms with Crippen molar-refractivity contribution < 1.29 is 27.1 Å². The summed E-state index contributed by atoms with van der Waals surface area (Å²) in [5.74, 6) is -8.06. The maximum atomic E-state index is 13.4. The van der Waals surface area contributed by atoms with Crippen LogP contribution in [0.1, 0.15) is 32.6 Å². The molecule has 1 aliphatic heterocycles. The van der Waals surface area contributed by atoms with Crippen molar-refractivity contribution in [2.45, 2.75) is 38.6 Å². The van der Waals surface area contributed by atoms with Crippen molar-refractivity contribution in [2.24, 2.45) is 0 Å². The van der Waals surface area contributed by atoms with E-state index in [1.165, 1.54) is 0 Å². The number of halogens is 4. The number of hydrogen-bond acceptors (Lipinski definition) is 2. The second kappa shape index (κ2) is 6.98. The molecule has 2 rings (SSSR count). The molecule has 0 radical (unpaired) electrons. The Morgan fingerprint density at radius 2 is 1.86 bits per heavy atom. The van der Waals surface area contributed by atoms with Crippen LogP contribution in [-0.2, 0) is 4.79 Å². The SMILES string of the molecule is CCC1CCCCN1C(=O)COc1c(F)c(F)cc(F)c1F. The molecular weight excluding hydrogens is 302 g/mol. The third-order valence-electron chi connectivity index (χ3n) is 3.83. The summed E-state index contributed by atoms with van der Waals surface area (Å²) in [5, 5.41) is 0. The molecule has 3 nitrogen and oxygen atoms in total. The molecule has 1 atom stereocenters. The van der Waals surface area contributed by atoms with E-state index in [-0.39, 0.29) is 12.1 Å². The fraction of sp³-hybridized carbons (Fsp3) is 0.533. The zero-order valence-corrected chi connectivity index (χ0v) is 12.2. The molecule has 0 aliphatic carbocycles. The number of carbonyl (C=O) groups excluding carboxylic acids is 1. The van der Waals surface area contributed by atoms with Gasteiger partial charge in [0.1, 0.15) is 0 Å². The Morgan fingerprint density at radius 3 is 2.45 bits per heavy atom. The lowest BCUT2D eigenvalue weighted by atomic mass is 10.00. The van der Waals surface area contributed by atoms with E-state index in [9.17, 15) is 22.4 Å². The summed E-state index contributed by atoms with van der Waals surface area (Å²) >= 11 is 0. The first-order chi connectivity index (χ1) is 10.5. The zero-order chi connectivity index (χ0) is 16.3. The molecule has 0 N–H and O–H groups in total. The predicted molar refractivity (Wildman–Crippen MR) is 71.4 cm³/mol. The highest BCUT2D eigenvalue weighted by molar-refractivity contribution is 5.78. The van der Waals surface area contributed by atoms with Crippen molar-refractivity contribution in [3.8, 4) is 5.75 Å². The van der Waals surface area contributed by atoms with Gasteiger partial charge in [0.2, 0.25) is 11.6 Å². The van der Waals surface area contributed by atoms with E-state index in [2.05, 4.69) is 0 Å². The van der Waals surface area contributed by atoms with Gasteiger partial charge in [0.15, 0.2) is 24.0 Å². The molecule has 1 heterocycles. The third-order valence-corrected chi connectivity index (χ3v) is 3.83. The van der Waals surface area contributed by atoms with Gasteiger partial charge in [-0.1, -0.05) is 6.92 Å². The van der Waals surface area contributed by atoms with Gasteiger partial charge in [-0.25, -0.2) is 8.78 Å². The molecule has 122 valence electrons. The minimum Gasteiger partial charge on any atom is -0.477 e. The lowest BCUT2D eigenvalue weighted by molar-refractivity contribution is -0.137. The van der Waals surface area contributed by atoms with Crippen molar-refractivity contribution in [3.05, 3.63) is 29.3 Å². The first-order valence-corrected chi connectivity index (χ1v) is 7.21. The van der Waals surface area contributed by atoms with E-state index in [1.54, 1.807) is 4.90 Å². The molecule has 0 aromatic heterocycles. The Morgan fingerprint density at radius 1 is 1.23 bits per heavy atom. The van der Waals surface area contributed by atoms with Crippen LogP contribution in [0.15, 0.2) is 6.07 Å². The molecule has 1 aromatic rings. The summed E-state index contributed by atoms with van der Waals surface area (Å²) in [6, 6.07) is 0.153. The van der Waals surface area contributed by atoms with Gasteiger partial charge in [-0.05, 0) is 25.7 Å². The maximum Gasteiger partial charge on any atom is 0.260 e. The van der Waals surface area contributed by atoms with Gasteiger partial charge in [0, 0.05) is 18.7 Å². The number of ether oxygens (including phenoxy) is 1. The largest absolute Gasteiger partial charge is 0.477 e. The Labute approximate surface area is 125 Å². The summed E-state index contributed by atoms with van der Waals surface area (Å²) < 4.78 is 57.7. The van der Waals surface area contributed by atoms with Crippen LogP contribution in [0.3, 0.4) is 0 Å². The summed E-state index contributed by atoms with van der Waals surface area (Å²) in [5.41, 5.74) is 0. The number of piperidine rings is 1. The molecule has 1 fully saturated rings. The van der Waals surface area contributed by atoms with Gasteiger partial charge in [0.25, 0.3) is 5.91 Å². The van der Waals surface area contributed by atoms with Crippen LogP contribution in [0.5, 0.6) is 5.75 Å². The van der Waals surface area contributed by atoms with Crippen molar-refractivity contribution in [2.75, 3.05) is 13.2 Å². The zero-order valence-electron chi connectivity index (χ0n) is 12.2. The van der Waals surface area contributed by atoms with Crippen molar-refractivity contribution in [1.82, 2.24) is 4.90 Å². The normalized spacial score (nSPS) is 18.4. The summed E-state index contributed by atoms with van der Waals surface area (Å²) in [6.45, 7) is 1.83. The van der Waals surface area contributed by atoms with Crippen LogP contribution in [0, 0.1) is 23.3 Å². The monoisotopic (exact) mass is 319 g/mol. The average molecular weight is 319 g/mol. The second-order valence-corrected chi connectivity index (χ2v) is 5.23. The van der Waals surface area contributed by atoms with Crippen molar-refractivity contribution >= 4 is 5.91 Å². The van der Waals surface area contributed by atoms with Gasteiger partial charge in [0.05, 0.1) is 0 Å². The molecule has 22 heavy (non-hydrogen) atoms. The molecule has 1 saturated heterocycles. The molecule has 7 heteroatoms. The molecule has 0 spiro atoms. The van der Waals surface area contributed by atoms with Gasteiger partial charge in [-0.15, -0.1) is 0 Å². The number of carbonyl (C=O) groups is 1. The standard InChI is InChI=1S/C15H17F4NO2/c1-2-9-5-3-4-6-20(9)12(21)8-22-15-13(18)10(16)7-11(17)14(15)19/h7,9H,2-6,8H2,1H3. The number of hydrogen-bond donors (Lipinski definition) is 0. The first kappa shape index (κ1) is 16.6. The van der Waals surface area contributed by atoms with E-state index in [0.717, 1.165) is 25.7 Å². The Hall–Kier alpha value is -1.79. The molecule has 1 amide bonds. The van der Waals surface area contributed by atoms with Gasteiger partial charge < -0.3 is 9.64 Å². The summed E-state index contributed by atoms with van der Waals surface area (Å²) in [6.07, 6.45) is 3.49. The fourth-order valence-electron chi connectivity index (χ4n) is 2.65. The molecule has 1 aromatic carbocycles. The Balaban J connectivity index is 2.08. The van der Waals surface area contributed by atoms with Gasteiger partial charge in [-0.2, -0.15) is 8.78 Å². The number of benzene rings is 1. The number of nitrogens with zero attached hydrogens (tertiary/aromatic N) is 1. The van der Waals surface area contributed by atoms with E-state index in [4.69, 9.17) is 4.74 Å². The van der Waals surface area contributed by atoms with E-state index in [1.807, 2.05) is 6.92 Å². The number of amides is 1. The number of rotatable bonds is 4. The van der Waals surface area contributed by atoms with E-state index < -0.39 is 41.5 Å². The fourth-order valence-corrected chi connectivity index (χ4v) is 2.65. The lowest BCUT2D eigenvalue weighted by Gasteiger charge is -2.35. The molecular formula is C15H17F4NO2. The molecule has 1 unspecified atom stereocenters. The lowest BCUT2D eigenvalue weighted by Crippen LogP contribution is -2.45. The van der Waals surface area contributed by atoms with Crippen molar-refractivity contribution in [3.63, 3.8) is 0 Å². The van der Waals surface area contributed by atoms with E-state index in [0.29, 0.717) is 6.54 Å². The highest BCUT2D eigenvalue weighted by Gasteiger charge is 2.27. The molecule has 0 saturated carbocycles. The van der Waals surface area contributed by atoms with Gasteiger partial charge >= 0.3 is 0 Å². The predicted octanol–water partition coefficient (Wildman–Crippen LogP) is 3.41. The van der Waals surface area contributed by atoms with Crippen LogP contribution in [-0.4, -0.2) is 30.0 Å². The number of likely N-dealkylation sites (tertiary alicyclic amines) is 1. The highest BCUT2D eigenvalue weighted by atomic mass is 19.2. The smallest absolute Gasteiger partial charge is 0.260 e. The molecule has 0 bridgehead atoms. The maximum absolute atomic E-state index is 13.4. The second-order valence-electron chi connectivity index (χ2n) is 5.23. The average Bonchev–Trinajstić information content (AvgIpc) is 2.52.